The number of carbonyl (C=O) groups is 4. The molecule has 0 atom stereocenters. The van der Waals surface area contributed by atoms with Crippen molar-refractivity contribution in [1.29, 1.82) is 0 Å². The first kappa shape index (κ1) is 29.9. The molecule has 0 radical (unpaired) electrons. The highest BCUT2D eigenvalue weighted by atomic mass is 16.3. The maximum absolute atomic E-state index is 13.7. The number of phenols is 4. The molecule has 12 nitrogen and oxygen atoms in total. The fourth-order valence-electron chi connectivity index (χ4n) is 6.13. The Morgan fingerprint density at radius 3 is 1.08 bits per heavy atom. The third-order valence-corrected chi connectivity index (χ3v) is 8.92. The Bertz CT molecular complexity index is 2120. The number of aromatic hydroxyl groups is 4. The van der Waals surface area contributed by atoms with Crippen LogP contribution in [0.3, 0.4) is 0 Å². The summed E-state index contributed by atoms with van der Waals surface area (Å²) in [5.74, 6) is -3.64. The summed E-state index contributed by atoms with van der Waals surface area (Å²) in [7, 11) is 0. The summed E-state index contributed by atoms with van der Waals surface area (Å²) in [6.07, 6.45) is 0. The van der Waals surface area contributed by atoms with E-state index >= 15 is 0 Å². The summed E-state index contributed by atoms with van der Waals surface area (Å²) in [5, 5.41) is 40.3. The summed E-state index contributed by atoms with van der Waals surface area (Å²) < 4.78 is 0. The second-order valence-corrected chi connectivity index (χ2v) is 11.6. The number of fused-ring (bicyclic) bond motifs is 2. The summed E-state index contributed by atoms with van der Waals surface area (Å²) in [6, 6.07) is 17.5. The molecule has 0 saturated heterocycles. The molecule has 0 bridgehead atoms. The third kappa shape index (κ3) is 4.23. The minimum absolute atomic E-state index is 0.119. The second kappa shape index (κ2) is 10.4. The van der Waals surface area contributed by atoms with Gasteiger partial charge in [0.25, 0.3) is 23.6 Å². The highest BCUT2D eigenvalue weighted by Crippen LogP contribution is 2.42. The van der Waals surface area contributed by atoms with Gasteiger partial charge in [-0.1, -0.05) is 12.1 Å². The van der Waals surface area contributed by atoms with Gasteiger partial charge in [-0.25, -0.2) is 9.80 Å². The maximum Gasteiger partial charge on any atom is 0.266 e. The van der Waals surface area contributed by atoms with Crippen LogP contribution >= 0.6 is 0 Å². The molecule has 238 valence electrons. The van der Waals surface area contributed by atoms with Crippen molar-refractivity contribution < 1.29 is 39.6 Å². The van der Waals surface area contributed by atoms with E-state index in [0.29, 0.717) is 33.4 Å². The summed E-state index contributed by atoms with van der Waals surface area (Å²) >= 11 is 0. The quantitative estimate of drug-likeness (QED) is 0.0855. The van der Waals surface area contributed by atoms with Crippen molar-refractivity contribution >= 4 is 46.4 Å². The molecule has 8 N–H and O–H groups in total. The number of carbonyl (C=O) groups excluding carboxylic acids is 4. The van der Waals surface area contributed by atoms with Gasteiger partial charge < -0.3 is 31.9 Å². The summed E-state index contributed by atoms with van der Waals surface area (Å²) in [6.45, 7) is 3.36. The van der Waals surface area contributed by atoms with E-state index in [-0.39, 0.29) is 68.0 Å². The lowest BCUT2D eigenvalue weighted by Gasteiger charge is -2.23. The van der Waals surface area contributed by atoms with Gasteiger partial charge in [0, 0.05) is 0 Å². The van der Waals surface area contributed by atoms with Crippen molar-refractivity contribution in [2.75, 3.05) is 21.3 Å². The van der Waals surface area contributed by atoms with E-state index < -0.39 is 23.6 Å². The van der Waals surface area contributed by atoms with Gasteiger partial charge in [0.15, 0.2) is 0 Å². The topological polar surface area (TPSA) is 208 Å². The van der Waals surface area contributed by atoms with E-state index in [1.807, 2.05) is 0 Å². The average molecular weight is 643 g/mol. The van der Waals surface area contributed by atoms with Gasteiger partial charge in [-0.15, -0.1) is 0 Å². The number of imide groups is 2. The standard InChI is InChI=1S/C36H26N4O8/c1-15-16(2)26(40-34(46)22-6-4-18(10-24(22)36(40)48)20-13-29(43)32(38)30(44)14-20)8-7-25(15)39-33(45)21-5-3-17(9-23(21)35(39)47)19-11-27(41)31(37)28(42)12-19/h3-14,41-44H,37-38H2,1-2H3. The highest BCUT2D eigenvalue weighted by molar-refractivity contribution is 6.36. The van der Waals surface area contributed by atoms with Gasteiger partial charge >= 0.3 is 0 Å². The zero-order valence-corrected chi connectivity index (χ0v) is 25.4. The molecule has 0 saturated carbocycles. The predicted octanol–water partition coefficient (Wildman–Crippen LogP) is 5.23. The SMILES string of the molecule is Cc1c(N2C(=O)c3ccc(-c4cc(O)c(N)c(O)c4)cc3C2=O)ccc(N2C(=O)c3ccc(-c4cc(O)c(N)c(O)c4)cc3C2=O)c1C. The zero-order chi connectivity index (χ0) is 34.3. The molecule has 0 aromatic heterocycles. The molecule has 48 heavy (non-hydrogen) atoms. The van der Waals surface area contributed by atoms with Crippen molar-refractivity contribution in [2.24, 2.45) is 0 Å². The molecule has 0 aliphatic carbocycles. The Kier molecular flexibility index (Phi) is 6.44. The van der Waals surface area contributed by atoms with Gasteiger partial charge in [0.05, 0.1) is 33.6 Å². The maximum atomic E-state index is 13.7. The fraction of sp³-hybridized carbons (Fsp3) is 0.0556. The van der Waals surface area contributed by atoms with Crippen LogP contribution in [-0.4, -0.2) is 44.1 Å². The van der Waals surface area contributed by atoms with E-state index in [1.165, 1.54) is 60.7 Å². The lowest BCUT2D eigenvalue weighted by Crippen LogP contribution is -2.32. The number of amides is 4. The smallest absolute Gasteiger partial charge is 0.266 e. The van der Waals surface area contributed by atoms with E-state index in [1.54, 1.807) is 26.0 Å². The van der Waals surface area contributed by atoms with Gasteiger partial charge in [-0.3, -0.25) is 19.2 Å². The lowest BCUT2D eigenvalue weighted by molar-refractivity contribution is 0.0909. The molecule has 2 aliphatic rings. The number of nitrogen functional groups attached to an aromatic ring is 2. The number of benzene rings is 5. The number of hydrogen-bond acceptors (Lipinski definition) is 10. The molecular weight excluding hydrogens is 616 g/mol. The van der Waals surface area contributed by atoms with E-state index in [0.717, 1.165) is 9.80 Å². The molecule has 5 aromatic rings. The number of hydrogen-bond donors (Lipinski definition) is 6. The first-order valence-electron chi connectivity index (χ1n) is 14.6. The second-order valence-electron chi connectivity index (χ2n) is 11.6. The van der Waals surface area contributed by atoms with Gasteiger partial charge in [-0.2, -0.15) is 0 Å². The van der Waals surface area contributed by atoms with Crippen LogP contribution in [0.4, 0.5) is 22.7 Å². The molecule has 7 rings (SSSR count). The van der Waals surface area contributed by atoms with Gasteiger partial charge in [-0.05, 0) is 108 Å². The normalized spacial score (nSPS) is 13.8. The summed E-state index contributed by atoms with van der Waals surface area (Å²) in [4.78, 5) is 56.5. The average Bonchev–Trinajstić information content (AvgIpc) is 3.46. The molecule has 0 unspecified atom stereocenters. The van der Waals surface area contributed by atoms with E-state index in [4.69, 9.17) is 11.5 Å². The van der Waals surface area contributed by atoms with Crippen LogP contribution in [0.15, 0.2) is 72.8 Å². The Morgan fingerprint density at radius 2 is 0.750 bits per heavy atom. The van der Waals surface area contributed by atoms with Crippen LogP contribution in [0.2, 0.25) is 0 Å². The largest absolute Gasteiger partial charge is 0.506 e. The van der Waals surface area contributed by atoms with Gasteiger partial charge in [0.1, 0.15) is 34.4 Å². The third-order valence-electron chi connectivity index (χ3n) is 8.92. The van der Waals surface area contributed by atoms with Crippen LogP contribution < -0.4 is 21.3 Å². The molecule has 2 aliphatic heterocycles. The van der Waals surface area contributed by atoms with E-state index in [2.05, 4.69) is 0 Å². The van der Waals surface area contributed by atoms with Crippen molar-refractivity contribution in [2.45, 2.75) is 13.8 Å². The number of anilines is 4. The Morgan fingerprint density at radius 1 is 0.438 bits per heavy atom. The summed E-state index contributed by atoms with van der Waals surface area (Å²) in [5.41, 5.74) is 14.7. The first-order chi connectivity index (χ1) is 22.8. The molecule has 4 amide bonds. The van der Waals surface area contributed by atoms with Crippen molar-refractivity contribution in [3.8, 4) is 45.3 Å². The zero-order valence-electron chi connectivity index (χ0n) is 25.4. The van der Waals surface area contributed by atoms with Crippen LogP contribution in [-0.2, 0) is 0 Å². The predicted molar refractivity (Wildman–Crippen MR) is 177 cm³/mol. The minimum atomic E-state index is -0.594. The van der Waals surface area contributed by atoms with Crippen LogP contribution in [0.1, 0.15) is 52.6 Å². The van der Waals surface area contributed by atoms with Crippen molar-refractivity contribution in [3.05, 3.63) is 106 Å². The van der Waals surface area contributed by atoms with Gasteiger partial charge in [0.2, 0.25) is 0 Å². The molecule has 12 heteroatoms. The highest BCUT2D eigenvalue weighted by Gasteiger charge is 2.40. The Labute approximate surface area is 272 Å². The molecule has 2 heterocycles. The van der Waals surface area contributed by atoms with E-state index in [9.17, 15) is 39.6 Å². The monoisotopic (exact) mass is 642 g/mol. The lowest BCUT2D eigenvalue weighted by atomic mass is 9.99. The van der Waals surface area contributed by atoms with Crippen LogP contribution in [0, 0.1) is 13.8 Å². The molecule has 5 aromatic carbocycles. The van der Waals surface area contributed by atoms with Crippen molar-refractivity contribution in [1.82, 2.24) is 0 Å². The van der Waals surface area contributed by atoms with Crippen LogP contribution in [0.5, 0.6) is 23.0 Å². The number of nitrogens with two attached hydrogens (primary N) is 2. The van der Waals surface area contributed by atoms with Crippen LogP contribution in [0.25, 0.3) is 22.3 Å². The molecular formula is C36H26N4O8. The van der Waals surface area contributed by atoms with Crippen molar-refractivity contribution in [3.63, 3.8) is 0 Å². The number of phenolic OH excluding ortho intramolecular Hbond substituents is 4. The minimum Gasteiger partial charge on any atom is -0.506 e. The Hall–Kier alpha value is -6.82. The number of nitrogens with zero attached hydrogens (tertiary/aromatic N) is 2. The first-order valence-corrected chi connectivity index (χ1v) is 14.6. The molecule has 0 fully saturated rings. The molecule has 0 spiro atoms. The Balaban J connectivity index is 1.21. The fourth-order valence-corrected chi connectivity index (χ4v) is 6.13. The number of rotatable bonds is 4.